The first kappa shape index (κ1) is 15.3. The summed E-state index contributed by atoms with van der Waals surface area (Å²) in [6.45, 7) is 3.61. The quantitative estimate of drug-likeness (QED) is 0.926. The highest BCUT2D eigenvalue weighted by Crippen LogP contribution is 2.33. The van der Waals surface area contributed by atoms with E-state index in [9.17, 15) is 4.39 Å². The van der Waals surface area contributed by atoms with Crippen molar-refractivity contribution < 1.29 is 9.13 Å². The topological polar surface area (TPSA) is 38.5 Å². The van der Waals surface area contributed by atoms with Crippen LogP contribution in [0, 0.1) is 12.7 Å². The van der Waals surface area contributed by atoms with Crippen molar-refractivity contribution in [2.45, 2.75) is 19.9 Å². The van der Waals surface area contributed by atoms with Crippen molar-refractivity contribution in [2.24, 2.45) is 5.73 Å². The fourth-order valence-corrected chi connectivity index (χ4v) is 2.30. The van der Waals surface area contributed by atoms with Crippen molar-refractivity contribution in [3.05, 3.63) is 53.3 Å². The smallest absolute Gasteiger partial charge is 0.126 e. The van der Waals surface area contributed by atoms with Crippen molar-refractivity contribution in [1.29, 1.82) is 0 Å². The van der Waals surface area contributed by atoms with Crippen molar-refractivity contribution >= 4 is 11.4 Å². The summed E-state index contributed by atoms with van der Waals surface area (Å²) >= 11 is 0. The van der Waals surface area contributed by atoms with E-state index in [0.717, 1.165) is 22.7 Å². The van der Waals surface area contributed by atoms with Gasteiger partial charge in [-0.25, -0.2) is 4.39 Å². The second-order valence-corrected chi connectivity index (χ2v) is 5.21. The number of hydrogen-bond donors (Lipinski definition) is 1. The van der Waals surface area contributed by atoms with Gasteiger partial charge in [-0.15, -0.1) is 0 Å². The molecule has 1 atom stereocenters. The summed E-state index contributed by atoms with van der Waals surface area (Å²) in [6.07, 6.45) is 0. The summed E-state index contributed by atoms with van der Waals surface area (Å²) in [5.41, 5.74) is 9.23. The number of nitrogens with two attached hydrogens (primary N) is 1. The molecule has 0 aliphatic carbocycles. The minimum absolute atomic E-state index is 0.231. The Morgan fingerprint density at radius 2 is 1.95 bits per heavy atom. The monoisotopic (exact) mass is 288 g/mol. The average molecular weight is 288 g/mol. The highest BCUT2D eigenvalue weighted by Gasteiger charge is 2.15. The molecule has 0 spiro atoms. The van der Waals surface area contributed by atoms with Gasteiger partial charge in [-0.3, -0.25) is 0 Å². The highest BCUT2D eigenvalue weighted by atomic mass is 19.1. The number of benzene rings is 2. The average Bonchev–Trinajstić information content (AvgIpc) is 2.48. The Morgan fingerprint density at radius 3 is 2.57 bits per heavy atom. The summed E-state index contributed by atoms with van der Waals surface area (Å²) in [5.74, 6) is 0.547. The van der Waals surface area contributed by atoms with Crippen molar-refractivity contribution in [2.75, 3.05) is 19.1 Å². The number of hydrogen-bond acceptors (Lipinski definition) is 3. The Morgan fingerprint density at radius 1 is 1.24 bits per heavy atom. The molecule has 4 heteroatoms. The van der Waals surface area contributed by atoms with Gasteiger partial charge < -0.3 is 15.4 Å². The first-order valence-corrected chi connectivity index (χ1v) is 6.87. The molecule has 0 aliphatic heterocycles. The largest absolute Gasteiger partial charge is 0.497 e. The molecule has 2 aromatic carbocycles. The molecule has 1 unspecified atom stereocenters. The molecule has 3 nitrogen and oxygen atoms in total. The van der Waals surface area contributed by atoms with Crippen LogP contribution < -0.4 is 15.4 Å². The molecule has 0 heterocycles. The third-order valence-electron chi connectivity index (χ3n) is 3.60. The van der Waals surface area contributed by atoms with Crippen molar-refractivity contribution in [3.63, 3.8) is 0 Å². The van der Waals surface area contributed by atoms with Crippen LogP contribution in [0.15, 0.2) is 36.4 Å². The molecule has 112 valence electrons. The van der Waals surface area contributed by atoms with Crippen LogP contribution in [-0.2, 0) is 0 Å². The molecule has 0 aliphatic rings. The van der Waals surface area contributed by atoms with Gasteiger partial charge in [-0.05, 0) is 49.2 Å². The molecule has 2 N–H and O–H groups in total. The molecule has 0 fully saturated rings. The molecule has 21 heavy (non-hydrogen) atoms. The molecular formula is C17H21FN2O. The van der Waals surface area contributed by atoms with Crippen LogP contribution in [0.4, 0.5) is 15.8 Å². The Hall–Kier alpha value is -2.07. The summed E-state index contributed by atoms with van der Waals surface area (Å²) in [7, 11) is 3.57. The van der Waals surface area contributed by atoms with E-state index < -0.39 is 0 Å². The van der Waals surface area contributed by atoms with Gasteiger partial charge in [0.1, 0.15) is 11.6 Å². The van der Waals surface area contributed by atoms with Gasteiger partial charge in [0, 0.05) is 30.5 Å². The number of ether oxygens (including phenoxy) is 1. The molecule has 0 radical (unpaired) electrons. The Kier molecular flexibility index (Phi) is 4.48. The van der Waals surface area contributed by atoms with Gasteiger partial charge in [0.25, 0.3) is 0 Å². The number of methoxy groups -OCH3 is 1. The van der Waals surface area contributed by atoms with Gasteiger partial charge in [-0.2, -0.15) is 0 Å². The second-order valence-electron chi connectivity index (χ2n) is 5.21. The first-order valence-electron chi connectivity index (χ1n) is 6.87. The van der Waals surface area contributed by atoms with E-state index in [1.165, 1.54) is 6.07 Å². The SMILES string of the molecule is COc1cccc(N(C)c2cc(C)c(F)cc2C(C)N)c1. The Balaban J connectivity index is 2.51. The lowest BCUT2D eigenvalue weighted by molar-refractivity contribution is 0.415. The molecule has 2 aromatic rings. The summed E-state index contributed by atoms with van der Waals surface area (Å²) in [6, 6.07) is 10.8. The van der Waals surface area contributed by atoms with Gasteiger partial charge in [0.2, 0.25) is 0 Å². The van der Waals surface area contributed by atoms with E-state index in [0.29, 0.717) is 5.56 Å². The number of anilines is 2. The summed E-state index contributed by atoms with van der Waals surface area (Å²) < 4.78 is 19.1. The van der Waals surface area contributed by atoms with Gasteiger partial charge >= 0.3 is 0 Å². The van der Waals surface area contributed by atoms with Gasteiger partial charge in [0.05, 0.1) is 7.11 Å². The standard InChI is InChI=1S/C17H21FN2O/c1-11-8-17(15(12(2)19)10-16(11)18)20(3)13-6-5-7-14(9-13)21-4/h5-10,12H,19H2,1-4H3. The number of aryl methyl sites for hydroxylation is 1. The minimum atomic E-state index is -0.247. The predicted octanol–water partition coefficient (Wildman–Crippen LogP) is 3.93. The zero-order valence-corrected chi connectivity index (χ0v) is 12.9. The lowest BCUT2D eigenvalue weighted by Crippen LogP contribution is -2.16. The molecule has 0 bridgehead atoms. The van der Waals surface area contributed by atoms with Crippen LogP contribution in [0.2, 0.25) is 0 Å². The molecule has 2 rings (SSSR count). The van der Waals surface area contributed by atoms with E-state index in [1.807, 2.05) is 49.2 Å². The fourth-order valence-electron chi connectivity index (χ4n) is 2.30. The van der Waals surface area contributed by atoms with Gasteiger partial charge in [0.15, 0.2) is 0 Å². The van der Waals surface area contributed by atoms with Crippen molar-refractivity contribution in [1.82, 2.24) is 0 Å². The Labute approximate surface area is 125 Å². The maximum atomic E-state index is 13.8. The van der Waals surface area contributed by atoms with E-state index >= 15 is 0 Å². The normalized spacial score (nSPS) is 12.1. The third-order valence-corrected chi connectivity index (χ3v) is 3.60. The van der Waals surface area contributed by atoms with Gasteiger partial charge in [-0.1, -0.05) is 6.07 Å². The first-order chi connectivity index (χ1) is 9.93. The summed E-state index contributed by atoms with van der Waals surface area (Å²) in [5, 5.41) is 0. The zero-order valence-electron chi connectivity index (χ0n) is 12.9. The van der Waals surface area contributed by atoms with Crippen LogP contribution in [0.3, 0.4) is 0 Å². The lowest BCUT2D eigenvalue weighted by Gasteiger charge is -2.25. The molecule has 0 saturated heterocycles. The van der Waals surface area contributed by atoms with Crippen LogP contribution in [0.25, 0.3) is 0 Å². The zero-order chi connectivity index (χ0) is 15.6. The van der Waals surface area contributed by atoms with Crippen LogP contribution in [0.1, 0.15) is 24.1 Å². The maximum absolute atomic E-state index is 13.8. The lowest BCUT2D eigenvalue weighted by atomic mass is 10.0. The fraction of sp³-hybridized carbons (Fsp3) is 0.294. The molecular weight excluding hydrogens is 267 g/mol. The second kappa shape index (κ2) is 6.14. The van der Waals surface area contributed by atoms with Crippen LogP contribution >= 0.6 is 0 Å². The minimum Gasteiger partial charge on any atom is -0.497 e. The Bertz CT molecular complexity index is 641. The molecule has 0 amide bonds. The molecule has 0 aromatic heterocycles. The highest BCUT2D eigenvalue weighted by molar-refractivity contribution is 5.68. The van der Waals surface area contributed by atoms with Crippen LogP contribution in [0.5, 0.6) is 5.75 Å². The van der Waals surface area contributed by atoms with Crippen molar-refractivity contribution in [3.8, 4) is 5.75 Å². The third kappa shape index (κ3) is 3.16. The van der Waals surface area contributed by atoms with E-state index in [-0.39, 0.29) is 11.9 Å². The predicted molar refractivity (Wildman–Crippen MR) is 84.8 cm³/mol. The summed E-state index contributed by atoms with van der Waals surface area (Å²) in [4.78, 5) is 1.99. The number of nitrogens with zero attached hydrogens (tertiary/aromatic N) is 1. The van der Waals surface area contributed by atoms with E-state index in [4.69, 9.17) is 10.5 Å². The maximum Gasteiger partial charge on any atom is 0.126 e. The molecule has 0 saturated carbocycles. The van der Waals surface area contributed by atoms with Crippen LogP contribution in [-0.4, -0.2) is 14.2 Å². The van der Waals surface area contributed by atoms with E-state index in [2.05, 4.69) is 0 Å². The number of rotatable bonds is 4. The van der Waals surface area contributed by atoms with E-state index in [1.54, 1.807) is 14.0 Å². The number of halogens is 1.